The fourth-order valence-electron chi connectivity index (χ4n) is 6.66. The molecule has 0 spiro atoms. The molecule has 2 aromatic carbocycles. The summed E-state index contributed by atoms with van der Waals surface area (Å²) in [6.07, 6.45) is -2.04. The molecular weight excluding hydrogens is 573 g/mol. The quantitative estimate of drug-likeness (QED) is 0.316. The lowest BCUT2D eigenvalue weighted by molar-refractivity contribution is -0.143. The minimum atomic E-state index is -3.06. The maximum absolute atomic E-state index is 15.2. The first-order chi connectivity index (χ1) is 21.1. The number of halogens is 3. The Balaban J connectivity index is 1.17. The number of alkyl halides is 3. The molecule has 44 heavy (non-hydrogen) atoms. The second-order valence-corrected chi connectivity index (χ2v) is 11.9. The number of piperidine rings is 1. The highest BCUT2D eigenvalue weighted by Crippen LogP contribution is 2.36. The molecule has 0 saturated carbocycles. The standard InChI is InChI=1S/C32H35F3N6O3/c1-36-23-11-9-20-16-21(8-10-22(20)23)28-26-27(38-39(28)2)31(43)41(18-37-26)17-32(44)12-14-40(15-13-32)30(42)25(33)24(29(34)35)19-6-4-3-5-7-19/h3-8,10,16,18,23-25,29,36,44H,9,11-15,17H2,1-2H3. The van der Waals surface area contributed by atoms with Gasteiger partial charge in [-0.3, -0.25) is 18.8 Å². The summed E-state index contributed by atoms with van der Waals surface area (Å²) < 4.78 is 45.7. The Morgan fingerprint density at radius 1 is 1.11 bits per heavy atom. The van der Waals surface area contributed by atoms with E-state index in [1.54, 1.807) is 17.8 Å². The van der Waals surface area contributed by atoms with Crippen molar-refractivity contribution in [3.8, 4) is 11.3 Å². The summed E-state index contributed by atoms with van der Waals surface area (Å²) in [7, 11) is 3.72. The van der Waals surface area contributed by atoms with Crippen molar-refractivity contribution in [2.24, 2.45) is 7.05 Å². The second-order valence-electron chi connectivity index (χ2n) is 11.9. The largest absolute Gasteiger partial charge is 0.388 e. The van der Waals surface area contributed by atoms with Crippen molar-refractivity contribution in [3.05, 3.63) is 81.9 Å². The van der Waals surface area contributed by atoms with Gasteiger partial charge in [-0.1, -0.05) is 42.5 Å². The Morgan fingerprint density at radius 3 is 2.52 bits per heavy atom. The fraction of sp³-hybridized carbons (Fsp3) is 0.438. The van der Waals surface area contributed by atoms with Crippen LogP contribution in [-0.2, 0) is 24.8 Å². The molecule has 2 N–H and O–H groups in total. The van der Waals surface area contributed by atoms with Crippen LogP contribution in [0.25, 0.3) is 22.3 Å². The van der Waals surface area contributed by atoms with Gasteiger partial charge in [-0.15, -0.1) is 0 Å². The number of fused-ring (bicyclic) bond motifs is 2. The number of hydrogen-bond acceptors (Lipinski definition) is 6. The van der Waals surface area contributed by atoms with Gasteiger partial charge in [-0.2, -0.15) is 5.10 Å². The van der Waals surface area contributed by atoms with Crippen LogP contribution in [0.2, 0.25) is 0 Å². The Labute approximate surface area is 252 Å². The number of rotatable bonds is 8. The zero-order valence-electron chi connectivity index (χ0n) is 24.6. The van der Waals surface area contributed by atoms with E-state index in [1.165, 1.54) is 51.2 Å². The molecule has 232 valence electrons. The van der Waals surface area contributed by atoms with E-state index in [2.05, 4.69) is 27.5 Å². The molecule has 2 aliphatic rings. The molecule has 3 unspecified atom stereocenters. The molecule has 1 fully saturated rings. The van der Waals surface area contributed by atoms with Crippen molar-refractivity contribution < 1.29 is 23.1 Å². The van der Waals surface area contributed by atoms with Crippen LogP contribution in [0.1, 0.15) is 47.9 Å². The molecule has 1 aliphatic heterocycles. The number of amides is 1. The summed E-state index contributed by atoms with van der Waals surface area (Å²) in [6.45, 7) is -0.174. The Bertz CT molecular complexity index is 1730. The fourth-order valence-corrected chi connectivity index (χ4v) is 6.66. The Hall–Kier alpha value is -4.03. The first-order valence-electron chi connectivity index (χ1n) is 14.8. The number of aliphatic hydroxyl groups is 1. The van der Waals surface area contributed by atoms with Gasteiger partial charge >= 0.3 is 0 Å². The van der Waals surface area contributed by atoms with E-state index in [-0.39, 0.29) is 43.6 Å². The van der Waals surface area contributed by atoms with Crippen LogP contribution in [0, 0.1) is 0 Å². The summed E-state index contributed by atoms with van der Waals surface area (Å²) in [5.74, 6) is -2.92. The number of nitrogens with one attached hydrogen (secondary N) is 1. The number of likely N-dealkylation sites (tertiary alicyclic amines) is 1. The Kier molecular flexibility index (Phi) is 8.06. The number of nitrogens with zero attached hydrogens (tertiary/aromatic N) is 5. The smallest absolute Gasteiger partial charge is 0.281 e. The summed E-state index contributed by atoms with van der Waals surface area (Å²) in [5, 5.41) is 19.1. The first kappa shape index (κ1) is 30.0. The molecule has 1 saturated heterocycles. The summed E-state index contributed by atoms with van der Waals surface area (Å²) in [5.41, 5.74) is 3.06. The van der Waals surface area contributed by atoms with Crippen LogP contribution in [-0.4, -0.2) is 73.6 Å². The minimum absolute atomic E-state index is 0.0363. The average molecular weight is 609 g/mol. The van der Waals surface area contributed by atoms with E-state index in [1.807, 2.05) is 13.1 Å². The zero-order valence-corrected chi connectivity index (χ0v) is 24.6. The number of hydrogen-bond donors (Lipinski definition) is 2. The molecule has 0 radical (unpaired) electrons. The van der Waals surface area contributed by atoms with Gasteiger partial charge in [0.15, 0.2) is 11.7 Å². The normalized spacial score (nSPS) is 19.3. The molecule has 1 amide bonds. The predicted molar refractivity (Wildman–Crippen MR) is 159 cm³/mol. The number of benzene rings is 2. The van der Waals surface area contributed by atoms with Crippen molar-refractivity contribution in [1.29, 1.82) is 0 Å². The molecule has 12 heteroatoms. The van der Waals surface area contributed by atoms with Gasteiger partial charge < -0.3 is 15.3 Å². The Morgan fingerprint density at radius 2 is 1.84 bits per heavy atom. The van der Waals surface area contributed by atoms with Crippen molar-refractivity contribution in [3.63, 3.8) is 0 Å². The van der Waals surface area contributed by atoms with Gasteiger partial charge in [0.25, 0.3) is 11.5 Å². The van der Waals surface area contributed by atoms with Crippen LogP contribution >= 0.6 is 0 Å². The highest BCUT2D eigenvalue weighted by molar-refractivity contribution is 5.89. The molecule has 4 aromatic rings. The number of carbonyl (C=O) groups is 1. The third kappa shape index (κ3) is 5.41. The molecule has 9 nitrogen and oxygen atoms in total. The van der Waals surface area contributed by atoms with Gasteiger partial charge in [-0.25, -0.2) is 18.2 Å². The third-order valence-electron chi connectivity index (χ3n) is 9.13. The molecule has 0 bridgehead atoms. The van der Waals surface area contributed by atoms with Gasteiger partial charge in [0, 0.05) is 31.7 Å². The molecular formula is C32H35F3N6O3. The molecule has 1 aliphatic carbocycles. The van der Waals surface area contributed by atoms with Gasteiger partial charge in [0.2, 0.25) is 6.43 Å². The monoisotopic (exact) mass is 608 g/mol. The lowest BCUT2D eigenvalue weighted by atomic mass is 9.89. The lowest BCUT2D eigenvalue weighted by Gasteiger charge is -2.39. The van der Waals surface area contributed by atoms with Crippen LogP contribution in [0.15, 0.2) is 59.7 Å². The van der Waals surface area contributed by atoms with E-state index in [0.29, 0.717) is 11.6 Å². The van der Waals surface area contributed by atoms with E-state index < -0.39 is 35.6 Å². The van der Waals surface area contributed by atoms with Crippen LogP contribution in [0.5, 0.6) is 0 Å². The van der Waals surface area contributed by atoms with Crippen LogP contribution in [0.3, 0.4) is 0 Å². The molecule has 2 aromatic heterocycles. The van der Waals surface area contributed by atoms with Crippen molar-refractivity contribution in [2.45, 2.75) is 62.4 Å². The van der Waals surface area contributed by atoms with E-state index >= 15 is 4.39 Å². The van der Waals surface area contributed by atoms with E-state index in [0.717, 1.165) is 24.1 Å². The zero-order chi connectivity index (χ0) is 31.2. The summed E-state index contributed by atoms with van der Waals surface area (Å²) in [4.78, 5) is 32.1. The van der Waals surface area contributed by atoms with Crippen LogP contribution < -0.4 is 10.9 Å². The van der Waals surface area contributed by atoms with E-state index in [4.69, 9.17) is 0 Å². The number of aromatic nitrogens is 4. The highest BCUT2D eigenvalue weighted by atomic mass is 19.3. The van der Waals surface area contributed by atoms with Gasteiger partial charge in [0.05, 0.1) is 30.1 Å². The number of aryl methyl sites for hydroxylation is 2. The maximum Gasteiger partial charge on any atom is 0.281 e. The molecule has 3 heterocycles. The lowest BCUT2D eigenvalue weighted by Crippen LogP contribution is -2.52. The van der Waals surface area contributed by atoms with E-state index in [9.17, 15) is 23.5 Å². The molecule has 3 atom stereocenters. The van der Waals surface area contributed by atoms with Crippen LogP contribution in [0.4, 0.5) is 13.2 Å². The SMILES string of the molecule is CNC1CCc2cc(-c3c4ncn(CC5(O)CCN(C(=O)C(F)C(c6ccccc6)C(F)F)CC5)c(=O)c4nn3C)ccc21. The topological polar surface area (TPSA) is 105 Å². The summed E-state index contributed by atoms with van der Waals surface area (Å²) in [6, 6.07) is 14.0. The minimum Gasteiger partial charge on any atom is -0.388 e. The highest BCUT2D eigenvalue weighted by Gasteiger charge is 2.42. The maximum atomic E-state index is 15.2. The molecule has 6 rings (SSSR count). The average Bonchev–Trinajstić information content (AvgIpc) is 3.59. The van der Waals surface area contributed by atoms with Gasteiger partial charge in [-0.05, 0) is 55.5 Å². The third-order valence-corrected chi connectivity index (χ3v) is 9.13. The first-order valence-corrected chi connectivity index (χ1v) is 14.8. The predicted octanol–water partition coefficient (Wildman–Crippen LogP) is 3.74. The van der Waals surface area contributed by atoms with Crippen molar-refractivity contribution >= 4 is 16.9 Å². The summed E-state index contributed by atoms with van der Waals surface area (Å²) >= 11 is 0. The number of carbonyl (C=O) groups excluding carboxylic acids is 1. The second kappa shape index (κ2) is 11.8. The van der Waals surface area contributed by atoms with Crippen molar-refractivity contribution in [2.75, 3.05) is 20.1 Å². The van der Waals surface area contributed by atoms with Crippen molar-refractivity contribution in [1.82, 2.24) is 29.5 Å². The van der Waals surface area contributed by atoms with Gasteiger partial charge in [0.1, 0.15) is 5.52 Å².